The van der Waals surface area contributed by atoms with E-state index in [1.807, 2.05) is 18.2 Å². The molecule has 7 nitrogen and oxygen atoms in total. The Morgan fingerprint density at radius 2 is 1.85 bits per heavy atom. The van der Waals surface area contributed by atoms with E-state index in [4.69, 9.17) is 4.42 Å². The van der Waals surface area contributed by atoms with Gasteiger partial charge in [0, 0.05) is 23.4 Å². The minimum absolute atomic E-state index is 0.0791. The molecule has 0 spiro atoms. The lowest BCUT2D eigenvalue weighted by molar-refractivity contribution is -0.120. The first-order valence-corrected chi connectivity index (χ1v) is 10.2. The van der Waals surface area contributed by atoms with Gasteiger partial charge < -0.3 is 9.73 Å². The monoisotopic (exact) mass is 371 g/mol. The number of amides is 1. The Morgan fingerprint density at radius 3 is 2.54 bits per heavy atom. The molecule has 26 heavy (non-hydrogen) atoms. The quantitative estimate of drug-likeness (QED) is 0.759. The van der Waals surface area contributed by atoms with Crippen LogP contribution in [0.4, 0.5) is 5.69 Å². The fraction of sp³-hybridized carbons (Fsp3) is 0.278. The molecule has 8 heteroatoms. The van der Waals surface area contributed by atoms with Crippen LogP contribution in [0.1, 0.15) is 12.8 Å². The summed E-state index contributed by atoms with van der Waals surface area (Å²) in [7, 11) is -2.97. The lowest BCUT2D eigenvalue weighted by Crippen LogP contribution is -2.31. The van der Waals surface area contributed by atoms with E-state index in [1.165, 1.54) is 0 Å². The molecule has 134 valence electrons. The first-order valence-electron chi connectivity index (χ1n) is 8.33. The van der Waals surface area contributed by atoms with Gasteiger partial charge in [0.15, 0.2) is 0 Å². The fourth-order valence-electron chi connectivity index (χ4n) is 2.99. The highest BCUT2D eigenvalue weighted by Crippen LogP contribution is 2.25. The summed E-state index contributed by atoms with van der Waals surface area (Å²) in [5.74, 6) is 0.222. The maximum absolute atomic E-state index is 12.3. The summed E-state index contributed by atoms with van der Waals surface area (Å²) >= 11 is 0. The van der Waals surface area contributed by atoms with Crippen LogP contribution in [0.25, 0.3) is 22.7 Å². The summed E-state index contributed by atoms with van der Waals surface area (Å²) in [5, 5.41) is 2.85. The molecule has 0 saturated carbocycles. The SMILES string of the molecule is O=C(Nc1ccc(-c2nc3cccnc3o2)cc1)C1CCS(=O)(=O)CC1. The van der Waals surface area contributed by atoms with Gasteiger partial charge in [0.05, 0.1) is 11.5 Å². The minimum Gasteiger partial charge on any atom is -0.418 e. The minimum atomic E-state index is -2.97. The number of nitrogens with one attached hydrogen (secondary N) is 1. The number of rotatable bonds is 3. The number of sulfone groups is 1. The number of oxazole rings is 1. The summed E-state index contributed by atoms with van der Waals surface area (Å²) in [6, 6.07) is 10.8. The largest absolute Gasteiger partial charge is 0.418 e. The molecule has 0 bridgehead atoms. The number of carbonyl (C=O) groups excluding carboxylic acids is 1. The number of carbonyl (C=O) groups is 1. The number of benzene rings is 1. The van der Waals surface area contributed by atoms with Gasteiger partial charge in [-0.05, 0) is 49.2 Å². The smallest absolute Gasteiger partial charge is 0.247 e. The van der Waals surface area contributed by atoms with E-state index < -0.39 is 9.84 Å². The maximum atomic E-state index is 12.3. The highest BCUT2D eigenvalue weighted by Gasteiger charge is 2.28. The first-order chi connectivity index (χ1) is 12.5. The summed E-state index contributed by atoms with van der Waals surface area (Å²) in [4.78, 5) is 20.8. The molecule has 1 aromatic carbocycles. The third kappa shape index (κ3) is 3.45. The van der Waals surface area contributed by atoms with Crippen molar-refractivity contribution in [3.8, 4) is 11.5 Å². The van der Waals surface area contributed by atoms with Crippen molar-refractivity contribution in [2.75, 3.05) is 16.8 Å². The van der Waals surface area contributed by atoms with E-state index >= 15 is 0 Å². The standard InChI is InChI=1S/C18H17N3O4S/c22-16(12-7-10-26(23,24)11-8-12)20-14-5-3-13(4-6-14)17-21-15-2-1-9-19-18(15)25-17/h1-6,9,12H,7-8,10-11H2,(H,20,22). The highest BCUT2D eigenvalue weighted by atomic mass is 32.2. The van der Waals surface area contributed by atoms with E-state index in [2.05, 4.69) is 15.3 Å². The second-order valence-electron chi connectivity index (χ2n) is 6.34. The van der Waals surface area contributed by atoms with Crippen molar-refractivity contribution in [3.63, 3.8) is 0 Å². The molecule has 4 rings (SSSR count). The summed E-state index contributed by atoms with van der Waals surface area (Å²) in [5.41, 5.74) is 2.60. The van der Waals surface area contributed by atoms with Gasteiger partial charge in [-0.1, -0.05) is 0 Å². The van der Waals surface area contributed by atoms with Crippen molar-refractivity contribution in [2.45, 2.75) is 12.8 Å². The number of hydrogen-bond acceptors (Lipinski definition) is 6. The summed E-state index contributed by atoms with van der Waals surface area (Å²) < 4.78 is 28.5. The van der Waals surface area contributed by atoms with Crippen LogP contribution < -0.4 is 5.32 Å². The van der Waals surface area contributed by atoms with Crippen LogP contribution in [0.5, 0.6) is 0 Å². The Bertz CT molecular complexity index is 1010. The molecule has 2 aromatic heterocycles. The normalized spacial score (nSPS) is 17.2. The van der Waals surface area contributed by atoms with Crippen LogP contribution in [0.15, 0.2) is 47.0 Å². The second kappa shape index (κ2) is 6.53. The van der Waals surface area contributed by atoms with Crippen LogP contribution in [0.3, 0.4) is 0 Å². The Labute approximate surface area is 150 Å². The average Bonchev–Trinajstić information content (AvgIpc) is 3.06. The van der Waals surface area contributed by atoms with Gasteiger partial charge in [0.2, 0.25) is 17.5 Å². The molecule has 3 heterocycles. The van der Waals surface area contributed by atoms with Crippen LogP contribution >= 0.6 is 0 Å². The van der Waals surface area contributed by atoms with Gasteiger partial charge in [-0.25, -0.2) is 18.4 Å². The second-order valence-corrected chi connectivity index (χ2v) is 8.64. The number of hydrogen-bond donors (Lipinski definition) is 1. The lowest BCUT2D eigenvalue weighted by Gasteiger charge is -2.21. The predicted octanol–water partition coefficient (Wildman–Crippen LogP) is 2.65. The lowest BCUT2D eigenvalue weighted by atomic mass is 10.0. The molecule has 0 atom stereocenters. The molecule has 0 unspecified atom stereocenters. The van der Waals surface area contributed by atoms with Gasteiger partial charge >= 0.3 is 0 Å². The zero-order valence-corrected chi connectivity index (χ0v) is 14.7. The summed E-state index contributed by atoms with van der Waals surface area (Å²) in [6.07, 6.45) is 2.40. The number of anilines is 1. The zero-order valence-electron chi connectivity index (χ0n) is 13.9. The summed E-state index contributed by atoms with van der Waals surface area (Å²) in [6.45, 7) is 0. The van der Waals surface area contributed by atoms with Crippen LogP contribution in [0, 0.1) is 5.92 Å². The Kier molecular flexibility index (Phi) is 4.20. The molecule has 0 aliphatic carbocycles. The van der Waals surface area contributed by atoms with Crippen molar-refractivity contribution in [1.82, 2.24) is 9.97 Å². The molecule has 1 aliphatic heterocycles. The topological polar surface area (TPSA) is 102 Å². The number of nitrogens with zero attached hydrogens (tertiary/aromatic N) is 2. The third-order valence-corrected chi connectivity index (χ3v) is 6.21. The third-order valence-electron chi connectivity index (χ3n) is 4.49. The molecule has 0 radical (unpaired) electrons. The van der Waals surface area contributed by atoms with E-state index in [0.717, 1.165) is 5.56 Å². The van der Waals surface area contributed by atoms with E-state index in [1.54, 1.807) is 24.4 Å². The molecule has 1 N–H and O–H groups in total. The Hall–Kier alpha value is -2.74. The molecule has 3 aromatic rings. The van der Waals surface area contributed by atoms with Crippen molar-refractivity contribution >= 4 is 32.7 Å². The molecular formula is C18H17N3O4S. The molecular weight excluding hydrogens is 354 g/mol. The number of pyridine rings is 1. The zero-order chi connectivity index (χ0) is 18.1. The molecule has 1 amide bonds. The highest BCUT2D eigenvalue weighted by molar-refractivity contribution is 7.91. The molecule has 1 fully saturated rings. The van der Waals surface area contributed by atoms with Gasteiger partial charge in [-0.2, -0.15) is 0 Å². The van der Waals surface area contributed by atoms with Crippen molar-refractivity contribution in [1.29, 1.82) is 0 Å². The van der Waals surface area contributed by atoms with Gasteiger partial charge in [-0.15, -0.1) is 0 Å². The molecule has 1 saturated heterocycles. The Balaban J connectivity index is 1.45. The predicted molar refractivity (Wildman–Crippen MR) is 97.2 cm³/mol. The Morgan fingerprint density at radius 1 is 1.12 bits per heavy atom. The van der Waals surface area contributed by atoms with Crippen molar-refractivity contribution < 1.29 is 17.6 Å². The van der Waals surface area contributed by atoms with Crippen molar-refractivity contribution in [2.24, 2.45) is 5.92 Å². The van der Waals surface area contributed by atoms with E-state index in [-0.39, 0.29) is 23.3 Å². The average molecular weight is 371 g/mol. The van der Waals surface area contributed by atoms with Gasteiger partial charge in [0.1, 0.15) is 15.4 Å². The van der Waals surface area contributed by atoms with E-state index in [9.17, 15) is 13.2 Å². The van der Waals surface area contributed by atoms with Crippen molar-refractivity contribution in [3.05, 3.63) is 42.6 Å². The van der Waals surface area contributed by atoms with Gasteiger partial charge in [0.25, 0.3) is 0 Å². The van der Waals surface area contributed by atoms with Crippen LogP contribution in [-0.2, 0) is 14.6 Å². The van der Waals surface area contributed by atoms with Crippen LogP contribution in [-0.4, -0.2) is 35.8 Å². The van der Waals surface area contributed by atoms with Crippen LogP contribution in [0.2, 0.25) is 0 Å². The maximum Gasteiger partial charge on any atom is 0.247 e. The number of aromatic nitrogens is 2. The van der Waals surface area contributed by atoms with Gasteiger partial charge in [-0.3, -0.25) is 4.79 Å². The fourth-order valence-corrected chi connectivity index (χ4v) is 4.48. The number of fused-ring (bicyclic) bond motifs is 1. The first kappa shape index (κ1) is 16.7. The molecule has 1 aliphatic rings. The van der Waals surface area contributed by atoms with E-state index in [0.29, 0.717) is 35.6 Å².